The van der Waals surface area contributed by atoms with Gasteiger partial charge in [0.05, 0.1) is 7.27 Å². The first-order valence-corrected chi connectivity index (χ1v) is 5.04. The predicted molar refractivity (Wildman–Crippen MR) is 57.5 cm³/mol. The van der Waals surface area contributed by atoms with Crippen molar-refractivity contribution in [2.24, 2.45) is 0 Å². The molecule has 1 heterocycles. The molecular formula is C6H3F2I2NO. The topological polar surface area (TPSA) is 32.9 Å². The van der Waals surface area contributed by atoms with Gasteiger partial charge in [0.2, 0.25) is 0 Å². The van der Waals surface area contributed by atoms with E-state index in [-0.39, 0.29) is 18.4 Å². The molecule has 0 bridgehead atoms. The van der Waals surface area contributed by atoms with Crippen molar-refractivity contribution in [3.8, 4) is 0 Å². The summed E-state index contributed by atoms with van der Waals surface area (Å²) < 4.78 is 24.9. The lowest BCUT2D eigenvalue weighted by Crippen LogP contribution is -2.12. The zero-order valence-corrected chi connectivity index (χ0v) is 9.89. The first kappa shape index (κ1) is 10.4. The first-order valence-electron chi connectivity index (χ1n) is 2.88. The SMILES string of the molecule is O=c1[nH]c(I)c(C(F)F)cc1I. The molecule has 0 aliphatic carbocycles. The highest BCUT2D eigenvalue weighted by Crippen LogP contribution is 2.22. The lowest BCUT2D eigenvalue weighted by Gasteiger charge is -2.02. The van der Waals surface area contributed by atoms with E-state index < -0.39 is 6.43 Å². The Balaban J connectivity index is 3.33. The van der Waals surface area contributed by atoms with Gasteiger partial charge in [0.25, 0.3) is 12.0 Å². The van der Waals surface area contributed by atoms with Crippen LogP contribution in [0.1, 0.15) is 12.0 Å². The second-order valence-electron chi connectivity index (χ2n) is 2.02. The quantitative estimate of drug-likeness (QED) is 0.574. The highest BCUT2D eigenvalue weighted by atomic mass is 127. The monoisotopic (exact) mass is 397 g/mol. The molecule has 0 saturated heterocycles. The average molecular weight is 397 g/mol. The number of hydrogen-bond donors (Lipinski definition) is 1. The molecule has 0 saturated carbocycles. The van der Waals surface area contributed by atoms with E-state index in [1.165, 1.54) is 6.07 Å². The molecule has 1 aromatic rings. The third-order valence-electron chi connectivity index (χ3n) is 1.21. The van der Waals surface area contributed by atoms with E-state index in [4.69, 9.17) is 0 Å². The summed E-state index contributed by atoms with van der Waals surface area (Å²) in [6.07, 6.45) is -2.54. The fourth-order valence-electron chi connectivity index (χ4n) is 0.656. The maximum Gasteiger partial charge on any atom is 0.266 e. The van der Waals surface area contributed by atoms with Gasteiger partial charge in [-0.05, 0) is 51.2 Å². The van der Waals surface area contributed by atoms with Gasteiger partial charge in [-0.2, -0.15) is 0 Å². The van der Waals surface area contributed by atoms with Gasteiger partial charge in [-0.25, -0.2) is 8.78 Å². The van der Waals surface area contributed by atoms with Crippen LogP contribution in [0.15, 0.2) is 10.9 Å². The standard InChI is InChI=1S/C6H3F2I2NO/c7-4(8)2-1-3(9)6(12)11-5(2)10/h1,4H,(H,11,12). The maximum absolute atomic E-state index is 12.2. The summed E-state index contributed by atoms with van der Waals surface area (Å²) in [5.74, 6) is 0. The fraction of sp³-hybridized carbons (Fsp3) is 0.167. The van der Waals surface area contributed by atoms with Gasteiger partial charge < -0.3 is 4.98 Å². The van der Waals surface area contributed by atoms with Crippen LogP contribution in [-0.4, -0.2) is 4.98 Å². The maximum atomic E-state index is 12.2. The predicted octanol–water partition coefficient (Wildman–Crippen LogP) is 2.52. The van der Waals surface area contributed by atoms with Crippen LogP contribution in [0.2, 0.25) is 0 Å². The van der Waals surface area contributed by atoms with Crippen molar-refractivity contribution in [1.82, 2.24) is 4.98 Å². The minimum absolute atomic E-state index is 0.125. The molecule has 66 valence electrons. The Bertz CT molecular complexity index is 350. The van der Waals surface area contributed by atoms with Crippen LogP contribution in [0.5, 0.6) is 0 Å². The van der Waals surface area contributed by atoms with Crippen LogP contribution in [-0.2, 0) is 0 Å². The van der Waals surface area contributed by atoms with Gasteiger partial charge in [0, 0.05) is 5.56 Å². The summed E-state index contributed by atoms with van der Waals surface area (Å²) >= 11 is 3.40. The number of pyridine rings is 1. The van der Waals surface area contributed by atoms with E-state index >= 15 is 0 Å². The zero-order chi connectivity index (χ0) is 9.30. The molecule has 0 radical (unpaired) electrons. The molecule has 0 aliphatic heterocycles. The van der Waals surface area contributed by atoms with Crippen LogP contribution in [0.25, 0.3) is 0 Å². The highest BCUT2D eigenvalue weighted by molar-refractivity contribution is 14.1. The average Bonchev–Trinajstić information content (AvgIpc) is 1.96. The Hall–Kier alpha value is 0.270. The number of hydrogen-bond acceptors (Lipinski definition) is 1. The molecular weight excluding hydrogens is 394 g/mol. The van der Waals surface area contributed by atoms with Gasteiger partial charge >= 0.3 is 0 Å². The fourth-order valence-corrected chi connectivity index (χ4v) is 1.76. The van der Waals surface area contributed by atoms with Crippen LogP contribution in [0, 0.1) is 7.27 Å². The summed E-state index contributed by atoms with van der Waals surface area (Å²) in [5.41, 5.74) is -0.455. The molecule has 0 atom stereocenters. The van der Waals surface area contributed by atoms with Crippen molar-refractivity contribution in [2.45, 2.75) is 6.43 Å². The number of nitrogens with one attached hydrogen (secondary N) is 1. The summed E-state index contributed by atoms with van der Waals surface area (Å²) in [4.78, 5) is 13.2. The lowest BCUT2D eigenvalue weighted by molar-refractivity contribution is 0.149. The van der Waals surface area contributed by atoms with E-state index in [2.05, 4.69) is 4.98 Å². The van der Waals surface area contributed by atoms with Crippen molar-refractivity contribution < 1.29 is 8.78 Å². The number of halogens is 4. The van der Waals surface area contributed by atoms with Gasteiger partial charge in [0.15, 0.2) is 0 Å². The Labute approximate surface area is 94.0 Å². The van der Waals surface area contributed by atoms with Crippen LogP contribution in [0.4, 0.5) is 8.78 Å². The van der Waals surface area contributed by atoms with Crippen LogP contribution < -0.4 is 5.56 Å². The molecule has 0 aromatic carbocycles. The van der Waals surface area contributed by atoms with E-state index in [9.17, 15) is 13.6 Å². The smallest absolute Gasteiger partial charge is 0.266 e. The third kappa shape index (κ3) is 2.15. The van der Waals surface area contributed by atoms with Crippen molar-refractivity contribution in [3.05, 3.63) is 29.3 Å². The van der Waals surface area contributed by atoms with E-state index in [0.717, 1.165) is 0 Å². The number of rotatable bonds is 1. The van der Waals surface area contributed by atoms with Crippen molar-refractivity contribution in [2.75, 3.05) is 0 Å². The molecule has 6 heteroatoms. The molecule has 0 fully saturated rings. The molecule has 0 unspecified atom stereocenters. The second kappa shape index (κ2) is 3.99. The first-order chi connectivity index (χ1) is 5.52. The van der Waals surface area contributed by atoms with E-state index in [1.54, 1.807) is 45.2 Å². The molecule has 1 rings (SSSR count). The Morgan fingerprint density at radius 2 is 2.00 bits per heavy atom. The molecule has 1 aromatic heterocycles. The van der Waals surface area contributed by atoms with Crippen LogP contribution >= 0.6 is 45.2 Å². The minimum Gasteiger partial charge on any atom is -0.316 e. The van der Waals surface area contributed by atoms with Gasteiger partial charge in [-0.3, -0.25) is 4.79 Å². The third-order valence-corrected chi connectivity index (χ3v) is 2.90. The zero-order valence-electron chi connectivity index (χ0n) is 5.57. The van der Waals surface area contributed by atoms with Gasteiger partial charge in [-0.1, -0.05) is 0 Å². The Morgan fingerprint density at radius 1 is 1.42 bits per heavy atom. The number of H-pyrrole nitrogens is 1. The molecule has 0 aliphatic rings. The summed E-state index contributed by atoms with van der Waals surface area (Å²) in [6, 6.07) is 1.20. The molecule has 0 spiro atoms. The minimum atomic E-state index is -2.54. The lowest BCUT2D eigenvalue weighted by atomic mass is 10.3. The molecule has 12 heavy (non-hydrogen) atoms. The van der Waals surface area contributed by atoms with Crippen molar-refractivity contribution in [3.63, 3.8) is 0 Å². The highest BCUT2D eigenvalue weighted by Gasteiger charge is 2.13. The van der Waals surface area contributed by atoms with Crippen molar-refractivity contribution >= 4 is 45.2 Å². The van der Waals surface area contributed by atoms with E-state index in [0.29, 0.717) is 0 Å². The summed E-state index contributed by atoms with van der Waals surface area (Å²) in [6.45, 7) is 0. The largest absolute Gasteiger partial charge is 0.316 e. The number of aromatic nitrogens is 1. The van der Waals surface area contributed by atoms with Gasteiger partial charge in [-0.15, -0.1) is 0 Å². The number of alkyl halides is 2. The second-order valence-corrected chi connectivity index (χ2v) is 4.26. The van der Waals surface area contributed by atoms with Gasteiger partial charge in [0.1, 0.15) is 0 Å². The summed E-state index contributed by atoms with van der Waals surface area (Å²) in [7, 11) is 0. The van der Waals surface area contributed by atoms with Crippen molar-refractivity contribution in [1.29, 1.82) is 0 Å². The molecule has 0 amide bonds. The normalized spacial score (nSPS) is 10.8. The van der Waals surface area contributed by atoms with Crippen LogP contribution in [0.3, 0.4) is 0 Å². The summed E-state index contributed by atoms with van der Waals surface area (Å²) in [5, 5.41) is 0. The Morgan fingerprint density at radius 3 is 2.50 bits per heavy atom. The molecule has 1 N–H and O–H groups in total. The van der Waals surface area contributed by atoms with E-state index in [1.807, 2.05) is 0 Å². The number of aromatic amines is 1. The Kier molecular flexibility index (Phi) is 3.44. The molecule has 2 nitrogen and oxygen atoms in total.